The minimum absolute atomic E-state index is 0. The molecule has 0 fully saturated rings. The van der Waals surface area contributed by atoms with Crippen LogP contribution in [0.3, 0.4) is 0 Å². The molecule has 0 amide bonds. The maximum Gasteiger partial charge on any atom is 0.125 e. The molecule has 2 aromatic carbocycles. The van der Waals surface area contributed by atoms with E-state index in [2.05, 4.69) is 0 Å². The van der Waals surface area contributed by atoms with Crippen molar-refractivity contribution < 1.29 is 5.11 Å². The number of aromatic hydroxyl groups is 1. The molecular weight excluding hydrogens is 157 g/mol. The van der Waals surface area contributed by atoms with Crippen LogP contribution in [0, 0.1) is 0 Å². The third-order valence-electron chi connectivity index (χ3n) is 1.91. The average Bonchev–Trinajstić information content (AvgIpc) is 2.04. The summed E-state index contributed by atoms with van der Waals surface area (Å²) >= 11 is 0. The van der Waals surface area contributed by atoms with Crippen LogP contribution in [0.2, 0.25) is 0 Å². The van der Waals surface area contributed by atoms with Crippen LogP contribution in [0.15, 0.2) is 36.4 Å². The third-order valence-corrected chi connectivity index (χ3v) is 1.91. The molecule has 0 aliphatic heterocycles. The fourth-order valence-corrected chi connectivity index (χ4v) is 1.35. The Balaban J connectivity index is 0.000000845. The van der Waals surface area contributed by atoms with Gasteiger partial charge < -0.3 is 10.8 Å². The van der Waals surface area contributed by atoms with Gasteiger partial charge in [-0.25, -0.2) is 0 Å². The number of hydrogen-bond acceptors (Lipinski definition) is 2. The first kappa shape index (κ1) is 9.98. The zero-order chi connectivity index (χ0) is 8.55. The van der Waals surface area contributed by atoms with Crippen molar-refractivity contribution in [3.8, 4) is 5.75 Å². The van der Waals surface area contributed by atoms with Gasteiger partial charge in [-0.05, 0) is 17.5 Å². The summed E-state index contributed by atoms with van der Waals surface area (Å²) in [5.74, 6) is 0.241. The number of nitrogen functional groups attached to an aromatic ring is 1. The van der Waals surface area contributed by atoms with E-state index in [1.807, 2.05) is 18.2 Å². The van der Waals surface area contributed by atoms with Crippen molar-refractivity contribution in [3.05, 3.63) is 36.4 Å². The van der Waals surface area contributed by atoms with Gasteiger partial charge in [-0.1, -0.05) is 24.3 Å². The first-order valence-electron chi connectivity index (χ1n) is 3.75. The predicted octanol–water partition coefficient (Wildman–Crippen LogP) is 1.75. The molecule has 0 spiro atoms. The second kappa shape index (κ2) is 3.74. The summed E-state index contributed by atoms with van der Waals surface area (Å²) in [7, 11) is 0. The molecule has 61 valence electrons. The quantitative estimate of drug-likeness (QED) is 0.462. The average molecular weight is 166 g/mol. The molecule has 0 unspecified atom stereocenters. The number of nitrogens with two attached hydrogens (primary N) is 1. The third kappa shape index (κ3) is 1.65. The minimum atomic E-state index is 0. The second-order valence-electron chi connectivity index (χ2n) is 2.72. The van der Waals surface area contributed by atoms with Crippen LogP contribution >= 0.6 is 0 Å². The van der Waals surface area contributed by atoms with Gasteiger partial charge in [0.15, 0.2) is 0 Å². The Morgan fingerprint density at radius 1 is 1.00 bits per heavy atom. The van der Waals surface area contributed by atoms with Gasteiger partial charge >= 0.3 is 0 Å². The number of phenols is 1. The van der Waals surface area contributed by atoms with Gasteiger partial charge in [0.05, 0.1) is 0 Å². The molecule has 0 saturated heterocycles. The van der Waals surface area contributed by atoms with Gasteiger partial charge in [0.1, 0.15) is 5.75 Å². The molecule has 1 radical (unpaired) electrons. The van der Waals surface area contributed by atoms with Crippen molar-refractivity contribution in [1.29, 1.82) is 0 Å². The van der Waals surface area contributed by atoms with Crippen LogP contribution in [0.5, 0.6) is 5.75 Å². The van der Waals surface area contributed by atoms with Gasteiger partial charge in [-0.2, -0.15) is 0 Å². The summed E-state index contributed by atoms with van der Waals surface area (Å²) in [6.45, 7) is 0. The molecule has 0 bridgehead atoms. The van der Waals surface area contributed by atoms with Crippen LogP contribution in [0.25, 0.3) is 10.8 Å². The Bertz CT molecular complexity index is 391. The number of rotatable bonds is 0. The van der Waals surface area contributed by atoms with Crippen molar-refractivity contribution in [2.24, 2.45) is 0 Å². The van der Waals surface area contributed by atoms with E-state index in [1.165, 1.54) is 0 Å². The summed E-state index contributed by atoms with van der Waals surface area (Å²) in [5, 5.41) is 11.2. The standard InChI is InChI=1S/C10H9NO.Li/c11-8-5-1-3-7-4-2-6-9(12)10(7)8;/h1-6,12H,11H2;. The fourth-order valence-electron chi connectivity index (χ4n) is 1.35. The zero-order valence-electron chi connectivity index (χ0n) is 7.49. The Kier molecular flexibility index (Phi) is 2.87. The molecule has 2 aromatic rings. The SMILES string of the molecule is Nc1cccc2cccc(O)c12.[Li]. The van der Waals surface area contributed by atoms with Crippen molar-refractivity contribution in [1.82, 2.24) is 0 Å². The van der Waals surface area contributed by atoms with E-state index in [0.29, 0.717) is 5.69 Å². The molecule has 3 N–H and O–H groups in total. The number of benzene rings is 2. The van der Waals surface area contributed by atoms with Crippen molar-refractivity contribution in [2.45, 2.75) is 0 Å². The van der Waals surface area contributed by atoms with E-state index in [4.69, 9.17) is 5.73 Å². The first-order valence-corrected chi connectivity index (χ1v) is 3.75. The predicted molar refractivity (Wildman–Crippen MR) is 55.8 cm³/mol. The number of anilines is 1. The smallest absolute Gasteiger partial charge is 0.125 e. The molecule has 0 heterocycles. The summed E-state index contributed by atoms with van der Waals surface area (Å²) in [5.41, 5.74) is 6.31. The van der Waals surface area contributed by atoms with Crippen LogP contribution in [0.4, 0.5) is 5.69 Å². The van der Waals surface area contributed by atoms with Gasteiger partial charge in [-0.3, -0.25) is 0 Å². The number of phenolic OH excluding ortho intramolecular Hbond substituents is 1. The Hall–Kier alpha value is -1.10. The molecular formula is C10H9LiNO. The zero-order valence-corrected chi connectivity index (χ0v) is 7.49. The maximum absolute atomic E-state index is 9.47. The summed E-state index contributed by atoms with van der Waals surface area (Å²) in [6.07, 6.45) is 0. The number of fused-ring (bicyclic) bond motifs is 1. The van der Waals surface area contributed by atoms with Crippen molar-refractivity contribution in [3.63, 3.8) is 0 Å². The van der Waals surface area contributed by atoms with Gasteiger partial charge in [0.2, 0.25) is 0 Å². The summed E-state index contributed by atoms with van der Waals surface area (Å²) < 4.78 is 0. The van der Waals surface area contributed by atoms with Crippen LogP contribution < -0.4 is 5.73 Å². The number of hydrogen-bond donors (Lipinski definition) is 2. The molecule has 2 nitrogen and oxygen atoms in total. The van der Waals surface area contributed by atoms with E-state index < -0.39 is 0 Å². The monoisotopic (exact) mass is 166 g/mol. The van der Waals surface area contributed by atoms with Crippen LogP contribution in [-0.2, 0) is 0 Å². The normalized spacial score (nSPS) is 9.54. The fraction of sp³-hybridized carbons (Fsp3) is 0. The van der Waals surface area contributed by atoms with E-state index in [0.717, 1.165) is 10.8 Å². The molecule has 0 saturated carbocycles. The second-order valence-corrected chi connectivity index (χ2v) is 2.72. The van der Waals surface area contributed by atoms with Crippen molar-refractivity contribution >= 4 is 35.3 Å². The molecule has 3 heteroatoms. The summed E-state index contributed by atoms with van der Waals surface area (Å²) in [4.78, 5) is 0. The molecule has 0 aliphatic rings. The molecule has 0 aliphatic carbocycles. The van der Waals surface area contributed by atoms with Crippen LogP contribution in [0.1, 0.15) is 0 Å². The van der Waals surface area contributed by atoms with Crippen molar-refractivity contribution in [2.75, 3.05) is 5.73 Å². The molecule has 13 heavy (non-hydrogen) atoms. The van der Waals surface area contributed by atoms with E-state index >= 15 is 0 Å². The summed E-state index contributed by atoms with van der Waals surface area (Å²) in [6, 6.07) is 10.9. The van der Waals surface area contributed by atoms with Gasteiger partial charge in [-0.15, -0.1) is 0 Å². The van der Waals surface area contributed by atoms with E-state index in [-0.39, 0.29) is 24.6 Å². The largest absolute Gasteiger partial charge is 0.507 e. The van der Waals surface area contributed by atoms with E-state index in [1.54, 1.807) is 18.2 Å². The molecule has 0 atom stereocenters. The maximum atomic E-state index is 9.47. The molecule has 0 aromatic heterocycles. The Labute approximate surface area is 88.5 Å². The first-order chi connectivity index (χ1) is 5.79. The topological polar surface area (TPSA) is 46.2 Å². The minimum Gasteiger partial charge on any atom is -0.507 e. The van der Waals surface area contributed by atoms with E-state index in [9.17, 15) is 5.11 Å². The Morgan fingerprint density at radius 3 is 2.23 bits per heavy atom. The van der Waals surface area contributed by atoms with Crippen LogP contribution in [-0.4, -0.2) is 24.0 Å². The van der Waals surface area contributed by atoms with Gasteiger partial charge in [0, 0.05) is 29.9 Å². The van der Waals surface area contributed by atoms with Gasteiger partial charge in [0.25, 0.3) is 0 Å². The molecule has 2 rings (SSSR count). The Morgan fingerprint density at radius 2 is 1.62 bits per heavy atom.